The second kappa shape index (κ2) is 4.06. The molecule has 0 radical (unpaired) electrons. The summed E-state index contributed by atoms with van der Waals surface area (Å²) in [5.74, 6) is 0. The van der Waals surface area contributed by atoms with Crippen LogP contribution in [-0.2, 0) is 4.74 Å². The summed E-state index contributed by atoms with van der Waals surface area (Å²) < 4.78 is 5.43. The molecule has 1 aromatic carbocycles. The molecule has 0 saturated carbocycles. The average molecular weight is 233 g/mol. The predicted molar refractivity (Wildman–Crippen MR) is 66.9 cm³/mol. The van der Waals surface area contributed by atoms with Gasteiger partial charge in [0, 0.05) is 5.54 Å². The first-order chi connectivity index (χ1) is 7.88. The molecule has 3 heteroatoms. The predicted octanol–water partition coefficient (Wildman–Crippen LogP) is 3.29. The Hall–Kier alpha value is -1.51. The van der Waals surface area contributed by atoms with Gasteiger partial charge in [-0.15, -0.1) is 0 Å². The molecule has 92 valence electrons. The Labute approximate surface area is 102 Å². The maximum absolute atomic E-state index is 11.8. The van der Waals surface area contributed by atoms with Crippen molar-refractivity contribution in [2.24, 2.45) is 0 Å². The van der Waals surface area contributed by atoms with Gasteiger partial charge in [-0.3, -0.25) is 4.90 Å². The molecule has 0 N–H and O–H groups in total. The van der Waals surface area contributed by atoms with Gasteiger partial charge < -0.3 is 4.74 Å². The Morgan fingerprint density at radius 2 is 2.06 bits per heavy atom. The quantitative estimate of drug-likeness (QED) is 0.745. The highest BCUT2D eigenvalue weighted by Crippen LogP contribution is 2.30. The lowest BCUT2D eigenvalue weighted by Crippen LogP contribution is -2.41. The third-order valence-corrected chi connectivity index (χ3v) is 3.04. The Kier molecular flexibility index (Phi) is 2.86. The van der Waals surface area contributed by atoms with E-state index < -0.39 is 0 Å². The van der Waals surface area contributed by atoms with E-state index >= 15 is 0 Å². The lowest BCUT2D eigenvalue weighted by atomic mass is 10.0. The molecule has 2 rings (SSSR count). The van der Waals surface area contributed by atoms with Gasteiger partial charge in [-0.2, -0.15) is 0 Å². The molecule has 1 heterocycles. The fourth-order valence-electron chi connectivity index (χ4n) is 2.05. The number of nitrogens with zero attached hydrogens (tertiary/aromatic N) is 1. The highest BCUT2D eigenvalue weighted by Gasteiger charge is 2.38. The molecule has 1 amide bonds. The summed E-state index contributed by atoms with van der Waals surface area (Å²) >= 11 is 0. The first-order valence-electron chi connectivity index (χ1n) is 5.93. The number of amides is 1. The second-order valence-corrected chi connectivity index (χ2v) is 5.57. The minimum atomic E-state index is -0.219. The van der Waals surface area contributed by atoms with Crippen molar-refractivity contribution in [1.82, 2.24) is 4.90 Å². The van der Waals surface area contributed by atoms with Gasteiger partial charge in [0.15, 0.2) is 0 Å². The van der Waals surface area contributed by atoms with Crippen LogP contribution in [0.4, 0.5) is 4.79 Å². The molecule has 1 fully saturated rings. The number of carbonyl (C=O) groups excluding carboxylic acids is 1. The topological polar surface area (TPSA) is 29.5 Å². The molecule has 1 aliphatic heterocycles. The van der Waals surface area contributed by atoms with Crippen molar-refractivity contribution in [2.45, 2.75) is 39.3 Å². The Bertz CT molecular complexity index is 434. The van der Waals surface area contributed by atoms with E-state index in [1.54, 1.807) is 4.90 Å². The maximum atomic E-state index is 11.8. The van der Waals surface area contributed by atoms with Crippen molar-refractivity contribution in [1.29, 1.82) is 0 Å². The third kappa shape index (κ3) is 2.43. The number of cyclic esters (lactones) is 1. The van der Waals surface area contributed by atoms with Gasteiger partial charge in [-0.25, -0.2) is 4.79 Å². The zero-order valence-electron chi connectivity index (χ0n) is 10.9. The molecule has 17 heavy (non-hydrogen) atoms. The molecule has 3 nitrogen and oxygen atoms in total. The van der Waals surface area contributed by atoms with E-state index in [0.717, 1.165) is 5.56 Å². The van der Waals surface area contributed by atoms with Gasteiger partial charge in [0.25, 0.3) is 0 Å². The van der Waals surface area contributed by atoms with E-state index in [1.807, 2.05) is 45.9 Å². The summed E-state index contributed by atoms with van der Waals surface area (Å²) in [5, 5.41) is 0. The minimum absolute atomic E-state index is 0.137. The van der Waals surface area contributed by atoms with Crippen LogP contribution in [0.15, 0.2) is 24.3 Å². The molecular formula is C14H19NO2. The average Bonchev–Trinajstić information content (AvgIpc) is 2.60. The molecule has 0 aliphatic carbocycles. The van der Waals surface area contributed by atoms with Gasteiger partial charge in [-0.05, 0) is 33.3 Å². The van der Waals surface area contributed by atoms with Gasteiger partial charge in [0.05, 0.1) is 6.54 Å². The first kappa shape index (κ1) is 12.0. The largest absolute Gasteiger partial charge is 0.439 e. The molecule has 1 atom stereocenters. The van der Waals surface area contributed by atoms with Crippen LogP contribution in [0.3, 0.4) is 0 Å². The Balaban J connectivity index is 2.20. The SMILES string of the molecule is Cc1cccc(C2CN(C(C)(C)C)C(=O)O2)c1. The minimum Gasteiger partial charge on any atom is -0.439 e. The number of ether oxygens (including phenoxy) is 1. The number of benzene rings is 1. The normalized spacial score (nSPS) is 20.6. The summed E-state index contributed by atoms with van der Waals surface area (Å²) in [4.78, 5) is 13.6. The van der Waals surface area contributed by atoms with E-state index in [0.29, 0.717) is 6.54 Å². The molecule has 0 bridgehead atoms. The monoisotopic (exact) mass is 233 g/mol. The zero-order chi connectivity index (χ0) is 12.6. The highest BCUT2D eigenvalue weighted by atomic mass is 16.6. The van der Waals surface area contributed by atoms with Crippen LogP contribution >= 0.6 is 0 Å². The highest BCUT2D eigenvalue weighted by molar-refractivity contribution is 5.71. The van der Waals surface area contributed by atoms with Crippen LogP contribution in [0.25, 0.3) is 0 Å². The van der Waals surface area contributed by atoms with Crippen molar-refractivity contribution < 1.29 is 9.53 Å². The summed E-state index contributed by atoms with van der Waals surface area (Å²) in [6, 6.07) is 8.13. The van der Waals surface area contributed by atoms with Gasteiger partial charge in [0.1, 0.15) is 6.10 Å². The van der Waals surface area contributed by atoms with Crippen LogP contribution in [0.1, 0.15) is 38.0 Å². The maximum Gasteiger partial charge on any atom is 0.411 e. The molecule has 0 spiro atoms. The first-order valence-corrected chi connectivity index (χ1v) is 5.93. The molecule has 1 aliphatic rings. The number of hydrogen-bond acceptors (Lipinski definition) is 2. The van der Waals surface area contributed by atoms with Crippen LogP contribution in [0.2, 0.25) is 0 Å². The molecule has 0 aromatic heterocycles. The van der Waals surface area contributed by atoms with Crippen LogP contribution in [0.5, 0.6) is 0 Å². The second-order valence-electron chi connectivity index (χ2n) is 5.57. The molecular weight excluding hydrogens is 214 g/mol. The van der Waals surface area contributed by atoms with E-state index in [4.69, 9.17) is 4.74 Å². The van der Waals surface area contributed by atoms with Gasteiger partial charge >= 0.3 is 6.09 Å². The van der Waals surface area contributed by atoms with Crippen LogP contribution in [-0.4, -0.2) is 23.1 Å². The van der Waals surface area contributed by atoms with Crippen molar-refractivity contribution in [3.63, 3.8) is 0 Å². The number of hydrogen-bond donors (Lipinski definition) is 0. The summed E-state index contributed by atoms with van der Waals surface area (Å²) in [5.41, 5.74) is 2.08. The molecule has 1 aromatic rings. The van der Waals surface area contributed by atoms with E-state index in [-0.39, 0.29) is 17.7 Å². The van der Waals surface area contributed by atoms with E-state index in [2.05, 4.69) is 6.07 Å². The van der Waals surface area contributed by atoms with E-state index in [9.17, 15) is 4.79 Å². The Morgan fingerprint density at radius 3 is 2.59 bits per heavy atom. The van der Waals surface area contributed by atoms with Crippen molar-refractivity contribution >= 4 is 6.09 Å². The standard InChI is InChI=1S/C14H19NO2/c1-10-6-5-7-11(8-10)12-9-15(13(16)17-12)14(2,3)4/h5-8,12H,9H2,1-4H3. The number of carbonyl (C=O) groups is 1. The lowest BCUT2D eigenvalue weighted by Gasteiger charge is -2.29. The summed E-state index contributed by atoms with van der Waals surface area (Å²) in [6.07, 6.45) is -0.356. The van der Waals surface area contributed by atoms with Crippen molar-refractivity contribution in [3.05, 3.63) is 35.4 Å². The van der Waals surface area contributed by atoms with Crippen molar-refractivity contribution in [3.8, 4) is 0 Å². The van der Waals surface area contributed by atoms with Crippen molar-refractivity contribution in [2.75, 3.05) is 6.54 Å². The van der Waals surface area contributed by atoms with Crippen LogP contribution in [0, 0.1) is 6.92 Å². The fraction of sp³-hybridized carbons (Fsp3) is 0.500. The van der Waals surface area contributed by atoms with Gasteiger partial charge in [0.2, 0.25) is 0 Å². The number of rotatable bonds is 1. The molecule has 1 unspecified atom stereocenters. The zero-order valence-corrected chi connectivity index (χ0v) is 10.9. The lowest BCUT2D eigenvalue weighted by molar-refractivity contribution is 0.120. The summed E-state index contributed by atoms with van der Waals surface area (Å²) in [7, 11) is 0. The number of aryl methyl sites for hydroxylation is 1. The smallest absolute Gasteiger partial charge is 0.411 e. The van der Waals surface area contributed by atoms with Gasteiger partial charge in [-0.1, -0.05) is 29.8 Å². The third-order valence-electron chi connectivity index (χ3n) is 3.04. The summed E-state index contributed by atoms with van der Waals surface area (Å²) in [6.45, 7) is 8.74. The fourth-order valence-corrected chi connectivity index (χ4v) is 2.05. The molecule has 1 saturated heterocycles. The van der Waals surface area contributed by atoms with Crippen LogP contribution < -0.4 is 0 Å². The Morgan fingerprint density at radius 1 is 1.35 bits per heavy atom. The van der Waals surface area contributed by atoms with E-state index in [1.165, 1.54) is 5.56 Å².